The molecule has 1 N–H and O–H groups in total. The molecule has 4 aromatic carbocycles. The van der Waals surface area contributed by atoms with Crippen LogP contribution in [-0.2, 0) is 31.1 Å². The minimum atomic E-state index is -3.09. The number of ether oxygens (including phenoxy) is 4. The van der Waals surface area contributed by atoms with Gasteiger partial charge in [0.15, 0.2) is 5.58 Å². The van der Waals surface area contributed by atoms with Gasteiger partial charge in [-0.1, -0.05) is 41.9 Å². The Labute approximate surface area is 366 Å². The van der Waals surface area contributed by atoms with Gasteiger partial charge in [0.05, 0.1) is 11.2 Å². The normalized spacial score (nSPS) is 15.8. The van der Waals surface area contributed by atoms with Gasteiger partial charge in [0, 0.05) is 53.7 Å². The number of nitrogens with zero attached hydrogens (tertiary/aromatic N) is 4. The summed E-state index contributed by atoms with van der Waals surface area (Å²) in [5.74, 6) is 0.138. The zero-order valence-corrected chi connectivity index (χ0v) is 35.3. The molecule has 4 heterocycles. The van der Waals surface area contributed by atoms with Gasteiger partial charge < -0.3 is 28.5 Å². The molecule has 0 amide bonds. The standard InChI is InChI=1S/C47H45ClF4N4O7/c1-27-30(26-60-42-19-40(31(17-37(42)48)23-55-13-3-4-14-55)59-25-29-16-33(22-53-21-29)61-46(49)50)8-5-9-34(27)35-10-6-11-36(28(35)2)44-54-38-18-32(24-56-15-7-12-39(56)45(57)58)41(63-47(51)52)20-43(38)62-44/h5-6,8-11,16-22,39,46-47H,3-4,7,12-15,23-26H2,1-2H3,(H,57,58)/t39-/m0/s1. The van der Waals surface area contributed by atoms with E-state index in [1.54, 1.807) is 17.0 Å². The van der Waals surface area contributed by atoms with E-state index < -0.39 is 25.2 Å². The van der Waals surface area contributed by atoms with Gasteiger partial charge in [-0.25, -0.2) is 4.98 Å². The predicted octanol–water partition coefficient (Wildman–Crippen LogP) is 10.8. The fraction of sp³-hybridized carbons (Fsp3) is 0.340. The summed E-state index contributed by atoms with van der Waals surface area (Å²) < 4.78 is 81.1. The van der Waals surface area contributed by atoms with Gasteiger partial charge in [0.2, 0.25) is 5.89 Å². The SMILES string of the molecule is Cc1c(COc2cc(OCc3cncc(OC(F)F)c3)c(CN3CCCC3)cc2Cl)cccc1-c1cccc(-c2nc3cc(CN4CCC[C@H]4C(=O)O)c(OC(F)F)cc3o2)c1C. The van der Waals surface area contributed by atoms with Gasteiger partial charge in [0.1, 0.15) is 47.8 Å². The number of oxazole rings is 1. The molecule has 0 bridgehead atoms. The predicted molar refractivity (Wildman–Crippen MR) is 228 cm³/mol. The second-order valence-electron chi connectivity index (χ2n) is 15.7. The molecule has 2 aliphatic rings. The number of alkyl halides is 4. The fourth-order valence-corrected chi connectivity index (χ4v) is 8.64. The van der Waals surface area contributed by atoms with Crippen molar-refractivity contribution < 1.29 is 50.8 Å². The average Bonchev–Trinajstić information content (AvgIpc) is 4.03. The van der Waals surface area contributed by atoms with E-state index in [0.29, 0.717) is 64.7 Å². The lowest BCUT2D eigenvalue weighted by molar-refractivity contribution is -0.142. The zero-order chi connectivity index (χ0) is 44.2. The second-order valence-corrected chi connectivity index (χ2v) is 16.1. The van der Waals surface area contributed by atoms with Crippen LogP contribution in [0.5, 0.6) is 23.0 Å². The first kappa shape index (κ1) is 43.7. The first-order valence-corrected chi connectivity index (χ1v) is 21.0. The third-order valence-corrected chi connectivity index (χ3v) is 11.9. The largest absolute Gasteiger partial charge is 0.488 e. The number of hydrogen-bond acceptors (Lipinski definition) is 10. The minimum Gasteiger partial charge on any atom is -0.488 e. The molecule has 0 saturated carbocycles. The number of pyridine rings is 1. The van der Waals surface area contributed by atoms with E-state index >= 15 is 0 Å². The van der Waals surface area contributed by atoms with E-state index in [4.69, 9.17) is 35.2 Å². The van der Waals surface area contributed by atoms with Crippen LogP contribution in [0, 0.1) is 13.8 Å². The third-order valence-electron chi connectivity index (χ3n) is 11.6. The Hall–Kier alpha value is -5.90. The van der Waals surface area contributed by atoms with E-state index in [-0.39, 0.29) is 42.7 Å². The van der Waals surface area contributed by atoms with Crippen LogP contribution in [0.25, 0.3) is 33.7 Å². The highest BCUT2D eigenvalue weighted by Gasteiger charge is 2.32. The van der Waals surface area contributed by atoms with Gasteiger partial charge in [-0.2, -0.15) is 17.6 Å². The topological polar surface area (TPSA) is 120 Å². The monoisotopic (exact) mass is 888 g/mol. The maximum absolute atomic E-state index is 13.6. The summed E-state index contributed by atoms with van der Waals surface area (Å²) in [7, 11) is 0. The second kappa shape index (κ2) is 19.2. The summed E-state index contributed by atoms with van der Waals surface area (Å²) in [5.41, 5.74) is 7.79. The van der Waals surface area contributed by atoms with Crippen molar-refractivity contribution in [2.24, 2.45) is 0 Å². The Morgan fingerprint density at radius 1 is 0.794 bits per heavy atom. The molecule has 0 aliphatic carbocycles. The van der Waals surface area contributed by atoms with Gasteiger partial charge in [-0.05, 0) is 111 Å². The lowest BCUT2D eigenvalue weighted by Crippen LogP contribution is -2.35. The molecule has 0 unspecified atom stereocenters. The lowest BCUT2D eigenvalue weighted by Gasteiger charge is -2.22. The van der Waals surface area contributed by atoms with E-state index in [9.17, 15) is 27.5 Å². The Bertz CT molecular complexity index is 2600. The Balaban J connectivity index is 1.03. The van der Waals surface area contributed by atoms with Crippen molar-refractivity contribution in [3.05, 3.63) is 118 Å². The van der Waals surface area contributed by atoms with Crippen LogP contribution < -0.4 is 18.9 Å². The van der Waals surface area contributed by atoms with E-state index in [0.717, 1.165) is 59.3 Å². The summed E-state index contributed by atoms with van der Waals surface area (Å²) in [6.07, 6.45) is 6.12. The molecule has 1 atom stereocenters. The van der Waals surface area contributed by atoms with Crippen molar-refractivity contribution in [2.75, 3.05) is 19.6 Å². The van der Waals surface area contributed by atoms with Crippen molar-refractivity contribution in [1.82, 2.24) is 19.8 Å². The van der Waals surface area contributed by atoms with Crippen molar-refractivity contribution in [1.29, 1.82) is 0 Å². The quantitative estimate of drug-likeness (QED) is 0.0882. The highest BCUT2D eigenvalue weighted by Crippen LogP contribution is 2.39. The minimum absolute atomic E-state index is 0.0492. The molecule has 2 aromatic heterocycles. The number of carbonyl (C=O) groups is 1. The van der Waals surface area contributed by atoms with E-state index in [2.05, 4.69) is 14.6 Å². The van der Waals surface area contributed by atoms with Crippen LogP contribution >= 0.6 is 11.6 Å². The van der Waals surface area contributed by atoms with Gasteiger partial charge in [-0.3, -0.25) is 19.6 Å². The van der Waals surface area contributed by atoms with Gasteiger partial charge in [0.25, 0.3) is 0 Å². The van der Waals surface area contributed by atoms with Crippen molar-refractivity contribution in [2.45, 2.75) is 85.1 Å². The van der Waals surface area contributed by atoms with Crippen LogP contribution in [0.4, 0.5) is 17.6 Å². The number of carboxylic acid groups (broad SMARTS) is 1. The van der Waals surface area contributed by atoms with E-state index in [1.807, 2.05) is 56.3 Å². The molecular weight excluding hydrogens is 844 g/mol. The Kier molecular flexibility index (Phi) is 13.4. The number of halogens is 5. The van der Waals surface area contributed by atoms with Gasteiger partial charge >= 0.3 is 19.2 Å². The van der Waals surface area contributed by atoms with Crippen LogP contribution in [0.1, 0.15) is 59.1 Å². The summed E-state index contributed by atoms with van der Waals surface area (Å²) in [6, 6.07) is 19.1. The molecule has 11 nitrogen and oxygen atoms in total. The summed E-state index contributed by atoms with van der Waals surface area (Å²) in [4.78, 5) is 24.7. The number of fused-ring (bicyclic) bond motifs is 1. The highest BCUT2D eigenvalue weighted by molar-refractivity contribution is 6.32. The molecule has 0 radical (unpaired) electrons. The molecule has 330 valence electrons. The van der Waals surface area contributed by atoms with Crippen LogP contribution in [0.2, 0.25) is 5.02 Å². The molecule has 16 heteroatoms. The molecule has 2 saturated heterocycles. The zero-order valence-electron chi connectivity index (χ0n) is 34.6. The van der Waals surface area contributed by atoms with Crippen LogP contribution in [0.15, 0.2) is 83.5 Å². The van der Waals surface area contributed by atoms with Crippen LogP contribution in [0.3, 0.4) is 0 Å². The molecule has 2 aliphatic heterocycles. The van der Waals surface area contributed by atoms with Crippen LogP contribution in [-0.4, -0.2) is 69.7 Å². The lowest BCUT2D eigenvalue weighted by atomic mass is 9.91. The van der Waals surface area contributed by atoms with Crippen molar-refractivity contribution in [3.8, 4) is 45.6 Å². The molecule has 8 rings (SSSR count). The van der Waals surface area contributed by atoms with Gasteiger partial charge in [-0.15, -0.1) is 0 Å². The molecule has 63 heavy (non-hydrogen) atoms. The average molecular weight is 889 g/mol. The number of rotatable bonds is 17. The maximum atomic E-state index is 13.6. The van der Waals surface area contributed by atoms with Crippen molar-refractivity contribution >= 4 is 28.7 Å². The number of benzene rings is 4. The molecule has 0 spiro atoms. The first-order valence-electron chi connectivity index (χ1n) is 20.6. The molecular formula is C47H45ClF4N4O7. The highest BCUT2D eigenvalue weighted by atomic mass is 35.5. The Morgan fingerprint density at radius 2 is 1.51 bits per heavy atom. The number of aliphatic carboxylic acids is 1. The molecule has 2 fully saturated rings. The summed E-state index contributed by atoms with van der Waals surface area (Å²) in [5, 5.41) is 10.1. The summed E-state index contributed by atoms with van der Waals surface area (Å²) in [6.45, 7) is 1.29. The number of likely N-dealkylation sites (tertiary alicyclic amines) is 2. The maximum Gasteiger partial charge on any atom is 0.387 e. The number of hydrogen-bond donors (Lipinski definition) is 1. The fourth-order valence-electron chi connectivity index (χ4n) is 8.40. The number of aromatic nitrogens is 2. The molecule has 6 aromatic rings. The van der Waals surface area contributed by atoms with Crippen molar-refractivity contribution in [3.63, 3.8) is 0 Å². The third kappa shape index (κ3) is 10.2. The van der Waals surface area contributed by atoms with E-state index in [1.165, 1.54) is 24.5 Å². The number of carboxylic acids is 1. The first-order chi connectivity index (χ1) is 30.4. The smallest absolute Gasteiger partial charge is 0.387 e. The summed E-state index contributed by atoms with van der Waals surface area (Å²) >= 11 is 6.85. The Morgan fingerprint density at radius 3 is 2.27 bits per heavy atom.